The van der Waals surface area contributed by atoms with Gasteiger partial charge < -0.3 is 9.52 Å². The number of carboxylic acid groups (broad SMARTS) is 1. The highest BCUT2D eigenvalue weighted by Gasteiger charge is 2.25. The maximum Gasteiger partial charge on any atom is 0.371 e. The number of carboxylic acids is 1. The van der Waals surface area contributed by atoms with Crippen LogP contribution in [0, 0.1) is 0 Å². The van der Waals surface area contributed by atoms with Gasteiger partial charge >= 0.3 is 11.7 Å². The number of aromatic nitrogens is 2. The van der Waals surface area contributed by atoms with Crippen LogP contribution in [0.2, 0.25) is 0 Å². The average molecular weight is 248 g/mol. The molecule has 2 heterocycles. The summed E-state index contributed by atoms with van der Waals surface area (Å²) in [6.45, 7) is 0.256. The van der Waals surface area contributed by atoms with Crippen molar-refractivity contribution in [2.24, 2.45) is 0 Å². The van der Waals surface area contributed by atoms with E-state index in [0.29, 0.717) is 11.8 Å². The molecule has 1 aliphatic rings. The molecule has 0 aromatic carbocycles. The number of aromatic carboxylic acids is 1. The summed E-state index contributed by atoms with van der Waals surface area (Å²) in [6, 6.07) is 3.30. The van der Waals surface area contributed by atoms with Crippen molar-refractivity contribution < 1.29 is 14.3 Å². The Morgan fingerprint density at radius 2 is 2.17 bits per heavy atom. The maximum atomic E-state index is 12.0. The topological polar surface area (TPSA) is 77.4 Å². The van der Waals surface area contributed by atoms with Crippen LogP contribution >= 0.6 is 0 Å². The molecule has 1 saturated carbocycles. The van der Waals surface area contributed by atoms with Crippen molar-refractivity contribution in [3.63, 3.8) is 0 Å². The predicted molar refractivity (Wildman–Crippen MR) is 61.7 cm³/mol. The van der Waals surface area contributed by atoms with E-state index < -0.39 is 5.97 Å². The highest BCUT2D eigenvalue weighted by molar-refractivity contribution is 5.84. The van der Waals surface area contributed by atoms with Gasteiger partial charge in [0.05, 0.1) is 6.54 Å². The first kappa shape index (κ1) is 10.9. The Bertz CT molecular complexity index is 645. The minimum atomic E-state index is -1.11. The van der Waals surface area contributed by atoms with E-state index in [1.165, 1.54) is 10.6 Å². The molecule has 6 heteroatoms. The van der Waals surface area contributed by atoms with E-state index >= 15 is 0 Å². The summed E-state index contributed by atoms with van der Waals surface area (Å²) in [5.41, 5.74) is -0.0780. The first-order valence-corrected chi connectivity index (χ1v) is 5.74. The molecule has 0 bridgehead atoms. The van der Waals surface area contributed by atoms with E-state index in [1.54, 1.807) is 23.0 Å². The highest BCUT2D eigenvalue weighted by Crippen LogP contribution is 2.33. The van der Waals surface area contributed by atoms with Crippen LogP contribution in [0.5, 0.6) is 0 Å². The predicted octanol–water partition coefficient (Wildman–Crippen LogP) is 1.32. The van der Waals surface area contributed by atoms with E-state index in [4.69, 9.17) is 9.52 Å². The number of nitrogens with zero attached hydrogens (tertiary/aromatic N) is 2. The molecule has 1 N–H and O–H groups in total. The van der Waals surface area contributed by atoms with Crippen molar-refractivity contribution in [3.05, 3.63) is 46.5 Å². The Balaban J connectivity index is 1.83. The quantitative estimate of drug-likeness (QED) is 0.885. The summed E-state index contributed by atoms with van der Waals surface area (Å²) in [6.07, 6.45) is 5.56. The minimum Gasteiger partial charge on any atom is -0.475 e. The van der Waals surface area contributed by atoms with Gasteiger partial charge in [0.1, 0.15) is 5.76 Å². The van der Waals surface area contributed by atoms with Crippen molar-refractivity contribution in [2.75, 3.05) is 0 Å². The molecule has 6 nitrogen and oxygen atoms in total. The largest absolute Gasteiger partial charge is 0.475 e. The summed E-state index contributed by atoms with van der Waals surface area (Å²) in [5, 5.41) is 8.74. The molecule has 0 spiro atoms. The molecule has 3 rings (SSSR count). The van der Waals surface area contributed by atoms with E-state index in [2.05, 4.69) is 0 Å². The number of imidazole rings is 1. The van der Waals surface area contributed by atoms with Gasteiger partial charge in [-0.2, -0.15) is 0 Å². The lowest BCUT2D eigenvalue weighted by Gasteiger charge is -1.98. The minimum absolute atomic E-state index is 0.0780. The highest BCUT2D eigenvalue weighted by atomic mass is 16.4. The van der Waals surface area contributed by atoms with Crippen LogP contribution in [0.4, 0.5) is 0 Å². The third kappa shape index (κ3) is 1.85. The van der Waals surface area contributed by atoms with Crippen molar-refractivity contribution in [1.29, 1.82) is 0 Å². The molecule has 0 amide bonds. The van der Waals surface area contributed by atoms with Crippen molar-refractivity contribution in [3.8, 4) is 0 Å². The first-order valence-electron chi connectivity index (χ1n) is 5.74. The van der Waals surface area contributed by atoms with Gasteiger partial charge in [0.25, 0.3) is 0 Å². The number of furan rings is 1. The number of hydrogen-bond acceptors (Lipinski definition) is 3. The second-order valence-electron chi connectivity index (χ2n) is 4.42. The van der Waals surface area contributed by atoms with E-state index in [9.17, 15) is 9.59 Å². The van der Waals surface area contributed by atoms with Crippen molar-refractivity contribution in [2.45, 2.75) is 25.4 Å². The molecule has 94 valence electrons. The third-order valence-electron chi connectivity index (χ3n) is 3.01. The number of rotatable bonds is 4. The van der Waals surface area contributed by atoms with Gasteiger partial charge in [0.15, 0.2) is 0 Å². The van der Waals surface area contributed by atoms with Crippen LogP contribution in [0.1, 0.15) is 35.2 Å². The summed E-state index contributed by atoms with van der Waals surface area (Å²) < 4.78 is 8.35. The van der Waals surface area contributed by atoms with Gasteiger partial charge in [-0.15, -0.1) is 0 Å². The lowest BCUT2D eigenvalue weighted by molar-refractivity contribution is 0.0660. The lowest BCUT2D eigenvalue weighted by Crippen LogP contribution is -2.23. The molecule has 0 unspecified atom stereocenters. The molecule has 2 aromatic rings. The van der Waals surface area contributed by atoms with Gasteiger partial charge in [-0.25, -0.2) is 9.59 Å². The van der Waals surface area contributed by atoms with Gasteiger partial charge in [-0.1, -0.05) is 0 Å². The summed E-state index contributed by atoms with van der Waals surface area (Å²) >= 11 is 0. The van der Waals surface area contributed by atoms with E-state index in [0.717, 1.165) is 12.8 Å². The Kier molecular flexibility index (Phi) is 2.36. The molecule has 2 aromatic heterocycles. The molecule has 0 atom stereocenters. The Hall–Kier alpha value is -2.24. The number of carbonyl (C=O) groups is 1. The molecule has 0 saturated heterocycles. The Labute approximate surface area is 102 Å². The van der Waals surface area contributed by atoms with Crippen LogP contribution in [0.15, 0.2) is 33.7 Å². The average Bonchev–Trinajstić information content (AvgIpc) is 2.95. The van der Waals surface area contributed by atoms with E-state index in [1.807, 2.05) is 0 Å². The molecular formula is C12H12N2O4. The Morgan fingerprint density at radius 1 is 1.39 bits per heavy atom. The number of hydrogen-bond donors (Lipinski definition) is 1. The molecular weight excluding hydrogens is 236 g/mol. The van der Waals surface area contributed by atoms with Gasteiger partial charge in [-0.05, 0) is 25.0 Å². The SMILES string of the molecule is O=C(O)c1ccc(Cn2ccn(C3CC3)c2=O)o1. The summed E-state index contributed by atoms with van der Waals surface area (Å²) in [5.74, 6) is -0.758. The van der Waals surface area contributed by atoms with Gasteiger partial charge in [0.2, 0.25) is 5.76 Å². The summed E-state index contributed by atoms with van der Waals surface area (Å²) in [4.78, 5) is 22.6. The Morgan fingerprint density at radius 3 is 2.78 bits per heavy atom. The maximum absolute atomic E-state index is 12.0. The standard InChI is InChI=1S/C12H12N2O4/c15-11(16)10-4-3-9(18-10)7-13-5-6-14(12(13)17)8-1-2-8/h3-6,8H,1-2,7H2,(H,15,16). The molecule has 0 aliphatic heterocycles. The zero-order valence-electron chi connectivity index (χ0n) is 9.57. The van der Waals surface area contributed by atoms with Crippen LogP contribution in [0.3, 0.4) is 0 Å². The fourth-order valence-corrected chi connectivity index (χ4v) is 1.92. The normalized spacial score (nSPS) is 14.9. The fourth-order valence-electron chi connectivity index (χ4n) is 1.92. The van der Waals surface area contributed by atoms with Crippen molar-refractivity contribution in [1.82, 2.24) is 9.13 Å². The second-order valence-corrected chi connectivity index (χ2v) is 4.42. The first-order chi connectivity index (χ1) is 8.65. The zero-order valence-corrected chi connectivity index (χ0v) is 9.57. The smallest absolute Gasteiger partial charge is 0.371 e. The van der Waals surface area contributed by atoms with Crippen LogP contribution in [-0.4, -0.2) is 20.2 Å². The third-order valence-corrected chi connectivity index (χ3v) is 3.01. The van der Waals surface area contributed by atoms with Gasteiger partial charge in [0, 0.05) is 18.4 Å². The molecule has 1 fully saturated rings. The van der Waals surface area contributed by atoms with Crippen molar-refractivity contribution >= 4 is 5.97 Å². The molecule has 0 radical (unpaired) electrons. The molecule has 18 heavy (non-hydrogen) atoms. The van der Waals surface area contributed by atoms with E-state index in [-0.39, 0.29) is 18.0 Å². The van der Waals surface area contributed by atoms with Crippen LogP contribution in [-0.2, 0) is 6.54 Å². The van der Waals surface area contributed by atoms with Gasteiger partial charge in [-0.3, -0.25) is 9.13 Å². The second kappa shape index (κ2) is 3.90. The van der Waals surface area contributed by atoms with Crippen LogP contribution < -0.4 is 5.69 Å². The molecule has 1 aliphatic carbocycles. The fraction of sp³-hybridized carbons (Fsp3) is 0.333. The zero-order chi connectivity index (χ0) is 12.7. The monoisotopic (exact) mass is 248 g/mol. The lowest BCUT2D eigenvalue weighted by atomic mass is 10.4. The summed E-state index contributed by atoms with van der Waals surface area (Å²) in [7, 11) is 0. The van der Waals surface area contributed by atoms with Crippen LogP contribution in [0.25, 0.3) is 0 Å².